The summed E-state index contributed by atoms with van der Waals surface area (Å²) in [5.74, 6) is 1.06. The van der Waals surface area contributed by atoms with Gasteiger partial charge < -0.3 is 9.64 Å². The summed E-state index contributed by atoms with van der Waals surface area (Å²) in [7, 11) is 0. The number of hydrogen-bond donors (Lipinski definition) is 1. The van der Waals surface area contributed by atoms with Crippen LogP contribution in [0.25, 0.3) is 0 Å². The second-order valence-corrected chi connectivity index (χ2v) is 6.02. The molecule has 2 aliphatic rings. The lowest BCUT2D eigenvalue weighted by atomic mass is 9.84. The Morgan fingerprint density at radius 2 is 2.06 bits per heavy atom. The normalized spacial score (nSPS) is 31.7. The number of esters is 1. The van der Waals surface area contributed by atoms with Crippen molar-refractivity contribution < 1.29 is 14.4 Å². The van der Waals surface area contributed by atoms with Gasteiger partial charge in [-0.3, -0.25) is 4.79 Å². The molecule has 0 aromatic heterocycles. The van der Waals surface area contributed by atoms with Gasteiger partial charge in [0.15, 0.2) is 0 Å². The van der Waals surface area contributed by atoms with E-state index in [1.54, 1.807) is 4.90 Å². The number of carbonyl (C=O) groups excluding carboxylic acids is 1. The van der Waals surface area contributed by atoms with Gasteiger partial charge in [0.25, 0.3) is 0 Å². The molecule has 0 bridgehead atoms. The van der Waals surface area contributed by atoms with Crippen LogP contribution < -0.4 is 4.90 Å². The van der Waals surface area contributed by atoms with E-state index in [0.717, 1.165) is 12.5 Å². The molecule has 0 radical (unpaired) electrons. The van der Waals surface area contributed by atoms with Crippen LogP contribution >= 0.6 is 11.6 Å². The van der Waals surface area contributed by atoms with Gasteiger partial charge in [-0.15, -0.1) is 11.6 Å². The standard InChI is InChI=1S/C14H24ClNO2/c15-8-3-7-14(17)18-11-12-5-4-10-16-9-2-1-6-13(12)16/h12-13H,1-11H2/p+1/t12-,13+/m0/s1. The molecule has 2 fully saturated rings. The number of quaternary nitrogens is 1. The average molecular weight is 275 g/mol. The number of ether oxygens (including phenoxy) is 1. The van der Waals surface area contributed by atoms with Gasteiger partial charge in [0.1, 0.15) is 0 Å². The van der Waals surface area contributed by atoms with Crippen molar-refractivity contribution in [2.24, 2.45) is 5.92 Å². The smallest absolute Gasteiger partial charge is 0.305 e. The Balaban J connectivity index is 1.75. The zero-order chi connectivity index (χ0) is 12.8. The van der Waals surface area contributed by atoms with Crippen molar-refractivity contribution in [1.82, 2.24) is 0 Å². The molecule has 3 nitrogen and oxygen atoms in total. The summed E-state index contributed by atoms with van der Waals surface area (Å²) in [4.78, 5) is 13.3. The Morgan fingerprint density at radius 1 is 1.22 bits per heavy atom. The number of nitrogens with one attached hydrogen (secondary N) is 1. The molecule has 0 aliphatic carbocycles. The molecule has 0 aromatic carbocycles. The Kier molecular flexibility index (Phi) is 5.77. The lowest BCUT2D eigenvalue weighted by Gasteiger charge is -2.40. The number of hydrogen-bond acceptors (Lipinski definition) is 2. The van der Waals surface area contributed by atoms with Crippen molar-refractivity contribution in [2.75, 3.05) is 25.6 Å². The molecule has 1 unspecified atom stereocenters. The van der Waals surface area contributed by atoms with E-state index in [9.17, 15) is 4.79 Å². The molecule has 3 atom stereocenters. The molecule has 2 heterocycles. The summed E-state index contributed by atoms with van der Waals surface area (Å²) in [5.41, 5.74) is 0. The van der Waals surface area contributed by atoms with Crippen LogP contribution in [0.3, 0.4) is 0 Å². The van der Waals surface area contributed by atoms with E-state index < -0.39 is 0 Å². The Hall–Kier alpha value is -0.280. The van der Waals surface area contributed by atoms with Crippen molar-refractivity contribution in [1.29, 1.82) is 0 Å². The minimum atomic E-state index is -0.0708. The molecule has 4 heteroatoms. The Bertz CT molecular complexity index is 271. The molecule has 0 amide bonds. The van der Waals surface area contributed by atoms with E-state index in [2.05, 4.69) is 0 Å². The molecule has 0 spiro atoms. The van der Waals surface area contributed by atoms with Crippen molar-refractivity contribution in [2.45, 2.75) is 51.0 Å². The van der Waals surface area contributed by atoms with Crippen molar-refractivity contribution >= 4 is 17.6 Å². The first-order valence-electron chi connectivity index (χ1n) is 7.37. The van der Waals surface area contributed by atoms with E-state index in [1.165, 1.54) is 45.2 Å². The van der Waals surface area contributed by atoms with E-state index in [4.69, 9.17) is 16.3 Å². The summed E-state index contributed by atoms with van der Waals surface area (Å²) in [6, 6.07) is 0.744. The van der Waals surface area contributed by atoms with Crippen LogP contribution in [0.5, 0.6) is 0 Å². The van der Waals surface area contributed by atoms with Gasteiger partial charge in [0, 0.05) is 18.2 Å². The highest BCUT2D eigenvalue weighted by molar-refractivity contribution is 6.17. The molecular weight excluding hydrogens is 250 g/mol. The van der Waals surface area contributed by atoms with Crippen molar-refractivity contribution in [3.63, 3.8) is 0 Å². The third-order valence-electron chi connectivity index (χ3n) is 4.40. The summed E-state index contributed by atoms with van der Waals surface area (Å²) >= 11 is 5.57. The van der Waals surface area contributed by atoms with Gasteiger partial charge in [-0.25, -0.2) is 0 Å². The summed E-state index contributed by atoms with van der Waals surface area (Å²) in [5, 5.41) is 0. The van der Waals surface area contributed by atoms with Crippen LogP contribution in [0.4, 0.5) is 0 Å². The maximum absolute atomic E-state index is 11.5. The molecule has 104 valence electrons. The van der Waals surface area contributed by atoms with Gasteiger partial charge in [-0.1, -0.05) is 0 Å². The van der Waals surface area contributed by atoms with Crippen LogP contribution in [0.15, 0.2) is 0 Å². The lowest BCUT2D eigenvalue weighted by molar-refractivity contribution is -0.940. The van der Waals surface area contributed by atoms with Gasteiger partial charge in [0.2, 0.25) is 0 Å². The number of piperidine rings is 2. The first-order chi connectivity index (χ1) is 8.81. The number of fused-ring (bicyclic) bond motifs is 1. The predicted octanol–water partition coefficient (Wildman–Crippen LogP) is 1.40. The zero-order valence-corrected chi connectivity index (χ0v) is 11.9. The van der Waals surface area contributed by atoms with E-state index in [0.29, 0.717) is 24.8 Å². The first kappa shape index (κ1) is 14.1. The number of rotatable bonds is 5. The second-order valence-electron chi connectivity index (χ2n) is 5.64. The van der Waals surface area contributed by atoms with Gasteiger partial charge in [-0.2, -0.15) is 0 Å². The Morgan fingerprint density at radius 3 is 2.89 bits per heavy atom. The third kappa shape index (κ3) is 3.86. The fourth-order valence-electron chi connectivity index (χ4n) is 3.46. The molecule has 2 aliphatic heterocycles. The third-order valence-corrected chi connectivity index (χ3v) is 4.67. The molecule has 2 saturated heterocycles. The molecule has 18 heavy (non-hydrogen) atoms. The predicted molar refractivity (Wildman–Crippen MR) is 72.0 cm³/mol. The average Bonchev–Trinajstić information content (AvgIpc) is 2.42. The quantitative estimate of drug-likeness (QED) is 0.607. The van der Waals surface area contributed by atoms with Crippen molar-refractivity contribution in [3.05, 3.63) is 0 Å². The minimum Gasteiger partial charge on any atom is -0.465 e. The molecule has 0 saturated carbocycles. The molecular formula is C14H25ClNO2+. The molecule has 0 aromatic rings. The van der Waals surface area contributed by atoms with Crippen molar-refractivity contribution in [3.8, 4) is 0 Å². The van der Waals surface area contributed by atoms with Crippen LogP contribution in [-0.2, 0) is 9.53 Å². The fraction of sp³-hybridized carbons (Fsp3) is 0.929. The highest BCUT2D eigenvalue weighted by Gasteiger charge is 2.36. The maximum atomic E-state index is 11.5. The molecule has 2 rings (SSSR count). The Labute approximate surface area is 115 Å². The number of alkyl halides is 1. The van der Waals surface area contributed by atoms with Crippen LogP contribution in [0.1, 0.15) is 44.9 Å². The van der Waals surface area contributed by atoms with Gasteiger partial charge in [0.05, 0.1) is 25.7 Å². The SMILES string of the molecule is O=C(CCCCl)OC[C@@H]1CCC[NH+]2CCCC[C@H]12. The zero-order valence-electron chi connectivity index (χ0n) is 11.1. The molecule has 1 N–H and O–H groups in total. The van der Waals surface area contributed by atoms with Crippen LogP contribution in [0.2, 0.25) is 0 Å². The summed E-state index contributed by atoms with van der Waals surface area (Å²) < 4.78 is 5.42. The fourth-order valence-corrected chi connectivity index (χ4v) is 3.59. The topological polar surface area (TPSA) is 30.7 Å². The second kappa shape index (κ2) is 7.34. The van der Waals surface area contributed by atoms with Crippen LogP contribution in [-0.4, -0.2) is 37.6 Å². The van der Waals surface area contributed by atoms with E-state index in [-0.39, 0.29) is 5.97 Å². The summed E-state index contributed by atoms with van der Waals surface area (Å²) in [6.07, 6.45) is 7.76. The van der Waals surface area contributed by atoms with E-state index in [1.807, 2.05) is 0 Å². The van der Waals surface area contributed by atoms with Crippen LogP contribution in [0, 0.1) is 5.92 Å². The summed E-state index contributed by atoms with van der Waals surface area (Å²) in [6.45, 7) is 3.28. The van der Waals surface area contributed by atoms with Gasteiger partial charge >= 0.3 is 5.97 Å². The largest absolute Gasteiger partial charge is 0.465 e. The monoisotopic (exact) mass is 274 g/mol. The first-order valence-corrected chi connectivity index (χ1v) is 7.91. The van der Waals surface area contributed by atoms with E-state index >= 15 is 0 Å². The van der Waals surface area contributed by atoms with Gasteiger partial charge in [-0.05, 0) is 38.5 Å². The lowest BCUT2D eigenvalue weighted by Crippen LogP contribution is -3.18. The maximum Gasteiger partial charge on any atom is 0.305 e. The number of carbonyl (C=O) groups is 1. The minimum absolute atomic E-state index is 0.0708. The highest BCUT2D eigenvalue weighted by Crippen LogP contribution is 2.20. The highest BCUT2D eigenvalue weighted by atomic mass is 35.5. The number of halogens is 1.